The molecule has 32 heavy (non-hydrogen) atoms. The fraction of sp³-hybridized carbons (Fsp3) is 0.391. The number of fused-ring (bicyclic) bond motifs is 1. The first-order chi connectivity index (χ1) is 15.4. The zero-order valence-electron chi connectivity index (χ0n) is 18.0. The molecule has 1 saturated heterocycles. The monoisotopic (exact) mass is 458 g/mol. The van der Waals surface area contributed by atoms with Crippen LogP contribution in [-0.4, -0.2) is 57.9 Å². The van der Waals surface area contributed by atoms with E-state index >= 15 is 0 Å². The highest BCUT2D eigenvalue weighted by Crippen LogP contribution is 2.34. The molecule has 0 N–H and O–H groups in total. The van der Waals surface area contributed by atoms with Gasteiger partial charge in [-0.3, -0.25) is 13.9 Å². The second-order valence-corrected chi connectivity index (χ2v) is 9.72. The molecule has 0 radical (unpaired) electrons. The lowest BCUT2D eigenvalue weighted by Crippen LogP contribution is -2.44. The minimum atomic E-state index is -4.09. The first-order valence-electron chi connectivity index (χ1n) is 10.7. The van der Waals surface area contributed by atoms with Crippen LogP contribution in [0.5, 0.6) is 11.5 Å². The number of Topliss-reactive ketones (excluding diaryl/α,β-unsaturated/α-hetero) is 1. The Morgan fingerprint density at radius 3 is 2.25 bits per heavy atom. The zero-order chi connectivity index (χ0) is 22.7. The molecular weight excluding hydrogens is 432 g/mol. The Hall–Kier alpha value is -3.07. The number of hydrogen-bond acceptors (Lipinski definition) is 6. The van der Waals surface area contributed by atoms with Crippen LogP contribution < -0.4 is 13.8 Å². The number of nitrogens with zero attached hydrogens (tertiary/aromatic N) is 2. The molecule has 2 aromatic rings. The zero-order valence-corrected chi connectivity index (χ0v) is 18.8. The summed E-state index contributed by atoms with van der Waals surface area (Å²) < 4.78 is 39.4. The van der Waals surface area contributed by atoms with E-state index in [0.717, 1.165) is 23.6 Å². The molecule has 2 heterocycles. The summed E-state index contributed by atoms with van der Waals surface area (Å²) in [5, 5.41) is 0. The van der Waals surface area contributed by atoms with Gasteiger partial charge in [0.1, 0.15) is 19.8 Å². The number of amides is 1. The van der Waals surface area contributed by atoms with Crippen molar-refractivity contribution in [1.29, 1.82) is 0 Å². The van der Waals surface area contributed by atoms with Gasteiger partial charge in [0.15, 0.2) is 17.3 Å². The van der Waals surface area contributed by atoms with Gasteiger partial charge in [0.05, 0.1) is 10.6 Å². The molecule has 9 heteroatoms. The number of carbonyl (C=O) groups is 2. The van der Waals surface area contributed by atoms with Crippen LogP contribution >= 0.6 is 0 Å². The standard InChI is InChI=1S/C23H26N2O6S/c1-17(26)18-5-7-19(8-6-18)25(16-23(27)24-11-3-2-4-12-24)32(28,29)20-9-10-21-22(15-20)31-14-13-30-21/h5-10,15H,2-4,11-14,16H2,1H3. The van der Waals surface area contributed by atoms with Crippen LogP contribution in [0, 0.1) is 0 Å². The van der Waals surface area contributed by atoms with E-state index in [-0.39, 0.29) is 23.1 Å². The molecule has 170 valence electrons. The van der Waals surface area contributed by atoms with E-state index in [9.17, 15) is 18.0 Å². The summed E-state index contributed by atoms with van der Waals surface area (Å²) >= 11 is 0. The molecule has 0 aliphatic carbocycles. The van der Waals surface area contributed by atoms with E-state index in [1.807, 2.05) is 0 Å². The van der Waals surface area contributed by atoms with Gasteiger partial charge in [0.25, 0.3) is 10.0 Å². The van der Waals surface area contributed by atoms with Crippen molar-refractivity contribution in [2.45, 2.75) is 31.1 Å². The largest absolute Gasteiger partial charge is 0.486 e. The number of hydrogen-bond donors (Lipinski definition) is 0. The maximum Gasteiger partial charge on any atom is 0.264 e. The van der Waals surface area contributed by atoms with Crippen LogP contribution in [-0.2, 0) is 14.8 Å². The fourth-order valence-electron chi connectivity index (χ4n) is 3.85. The number of anilines is 1. The maximum atomic E-state index is 13.6. The lowest BCUT2D eigenvalue weighted by atomic mass is 10.1. The van der Waals surface area contributed by atoms with Crippen LogP contribution in [0.3, 0.4) is 0 Å². The summed E-state index contributed by atoms with van der Waals surface area (Å²) in [4.78, 5) is 26.3. The molecule has 0 atom stereocenters. The van der Waals surface area contributed by atoms with Crippen molar-refractivity contribution >= 4 is 27.4 Å². The van der Waals surface area contributed by atoms with Crippen molar-refractivity contribution in [3.05, 3.63) is 48.0 Å². The van der Waals surface area contributed by atoms with Crippen LogP contribution in [0.1, 0.15) is 36.5 Å². The van der Waals surface area contributed by atoms with Crippen molar-refractivity contribution in [2.75, 3.05) is 37.2 Å². The molecule has 2 aliphatic rings. The van der Waals surface area contributed by atoms with Gasteiger partial charge < -0.3 is 14.4 Å². The minimum absolute atomic E-state index is 0.00355. The molecule has 1 amide bonds. The van der Waals surface area contributed by atoms with E-state index in [0.29, 0.717) is 49.1 Å². The average Bonchev–Trinajstić information content (AvgIpc) is 2.82. The first-order valence-corrected chi connectivity index (χ1v) is 12.1. The Bertz CT molecular complexity index is 1110. The number of rotatable bonds is 6. The molecular formula is C23H26N2O6S. The van der Waals surface area contributed by atoms with Crippen LogP contribution in [0.15, 0.2) is 47.4 Å². The third-order valence-corrected chi connectivity index (χ3v) is 7.42. The second-order valence-electron chi connectivity index (χ2n) is 7.86. The molecule has 4 rings (SSSR count). The molecule has 0 bridgehead atoms. The van der Waals surface area contributed by atoms with Gasteiger partial charge in [0, 0.05) is 24.7 Å². The number of benzene rings is 2. The van der Waals surface area contributed by atoms with Gasteiger partial charge in [-0.15, -0.1) is 0 Å². The molecule has 0 aromatic heterocycles. The molecule has 1 fully saturated rings. The Kier molecular flexibility index (Phi) is 6.36. The Morgan fingerprint density at radius 1 is 0.938 bits per heavy atom. The molecule has 0 unspecified atom stereocenters. The number of ether oxygens (including phenoxy) is 2. The number of ketones is 1. The molecule has 2 aliphatic heterocycles. The number of carbonyl (C=O) groups excluding carboxylic acids is 2. The van der Waals surface area contributed by atoms with Crippen LogP contribution in [0.4, 0.5) is 5.69 Å². The third kappa shape index (κ3) is 4.57. The van der Waals surface area contributed by atoms with Crippen molar-refractivity contribution in [1.82, 2.24) is 4.90 Å². The van der Waals surface area contributed by atoms with Gasteiger partial charge in [-0.1, -0.05) is 0 Å². The number of likely N-dealkylation sites (tertiary alicyclic amines) is 1. The average molecular weight is 459 g/mol. The normalized spacial score (nSPS) is 15.8. The summed E-state index contributed by atoms with van der Waals surface area (Å²) in [6.45, 7) is 3.10. The van der Waals surface area contributed by atoms with Crippen molar-refractivity contribution < 1.29 is 27.5 Å². The quantitative estimate of drug-likeness (QED) is 0.618. The highest BCUT2D eigenvalue weighted by molar-refractivity contribution is 7.92. The predicted molar refractivity (Wildman–Crippen MR) is 119 cm³/mol. The Labute approximate surface area is 187 Å². The summed E-state index contributed by atoms with van der Waals surface area (Å²) in [6, 6.07) is 10.7. The molecule has 0 saturated carbocycles. The lowest BCUT2D eigenvalue weighted by molar-refractivity contribution is -0.130. The molecule has 0 spiro atoms. The number of sulfonamides is 1. The summed E-state index contributed by atoms with van der Waals surface area (Å²) in [5.41, 5.74) is 0.781. The van der Waals surface area contributed by atoms with E-state index in [1.165, 1.54) is 19.1 Å². The smallest absolute Gasteiger partial charge is 0.264 e. The van der Waals surface area contributed by atoms with E-state index in [1.54, 1.807) is 35.2 Å². The molecule has 2 aromatic carbocycles. The SMILES string of the molecule is CC(=O)c1ccc(N(CC(=O)N2CCCCC2)S(=O)(=O)c2ccc3c(c2)OCCO3)cc1. The van der Waals surface area contributed by atoms with E-state index < -0.39 is 10.0 Å². The van der Waals surface area contributed by atoms with Crippen LogP contribution in [0.2, 0.25) is 0 Å². The van der Waals surface area contributed by atoms with Gasteiger partial charge >= 0.3 is 0 Å². The second kappa shape index (κ2) is 9.20. The summed E-state index contributed by atoms with van der Waals surface area (Å²) in [7, 11) is -4.09. The van der Waals surface area contributed by atoms with E-state index in [2.05, 4.69) is 0 Å². The van der Waals surface area contributed by atoms with Crippen molar-refractivity contribution in [2.24, 2.45) is 0 Å². The summed E-state index contributed by atoms with van der Waals surface area (Å²) in [6.07, 6.45) is 2.89. The minimum Gasteiger partial charge on any atom is -0.486 e. The van der Waals surface area contributed by atoms with Crippen molar-refractivity contribution in [3.63, 3.8) is 0 Å². The highest BCUT2D eigenvalue weighted by atomic mass is 32.2. The van der Waals surface area contributed by atoms with Gasteiger partial charge in [-0.05, 0) is 62.6 Å². The first kappa shape index (κ1) is 22.1. The van der Waals surface area contributed by atoms with Gasteiger partial charge in [-0.2, -0.15) is 0 Å². The lowest BCUT2D eigenvalue weighted by Gasteiger charge is -2.31. The van der Waals surface area contributed by atoms with Gasteiger partial charge in [0.2, 0.25) is 5.91 Å². The Morgan fingerprint density at radius 2 is 1.59 bits per heavy atom. The van der Waals surface area contributed by atoms with Crippen molar-refractivity contribution in [3.8, 4) is 11.5 Å². The summed E-state index contributed by atoms with van der Waals surface area (Å²) in [5.74, 6) is 0.465. The third-order valence-electron chi connectivity index (χ3n) is 5.65. The van der Waals surface area contributed by atoms with Gasteiger partial charge in [-0.25, -0.2) is 8.42 Å². The fourth-order valence-corrected chi connectivity index (χ4v) is 5.29. The highest BCUT2D eigenvalue weighted by Gasteiger charge is 2.30. The Balaban J connectivity index is 1.70. The van der Waals surface area contributed by atoms with Crippen LogP contribution in [0.25, 0.3) is 0 Å². The predicted octanol–water partition coefficient (Wildman–Crippen LogP) is 2.87. The molecule has 8 nitrogen and oxygen atoms in total. The topological polar surface area (TPSA) is 93.2 Å². The maximum absolute atomic E-state index is 13.6. The van der Waals surface area contributed by atoms with E-state index in [4.69, 9.17) is 9.47 Å². The number of piperidine rings is 1.